The van der Waals surface area contributed by atoms with Gasteiger partial charge in [-0.05, 0) is 43.4 Å². The highest BCUT2D eigenvalue weighted by molar-refractivity contribution is 9.10. The molecule has 0 heterocycles. The molecule has 0 saturated carbocycles. The van der Waals surface area contributed by atoms with Crippen LogP contribution in [0.25, 0.3) is 0 Å². The molecule has 0 aliphatic heterocycles. The Bertz CT molecular complexity index is 506. The number of hydrogen-bond donors (Lipinski definition) is 3. The molecule has 1 atom stereocenters. The van der Waals surface area contributed by atoms with Gasteiger partial charge < -0.3 is 15.7 Å². The van der Waals surface area contributed by atoms with Crippen LogP contribution >= 0.6 is 15.9 Å². The first-order valence-electron chi connectivity index (χ1n) is 6.91. The molecule has 5 nitrogen and oxygen atoms in total. The van der Waals surface area contributed by atoms with Crippen molar-refractivity contribution < 1.29 is 14.7 Å². The average Bonchev–Trinajstić information content (AvgIpc) is 2.40. The van der Waals surface area contributed by atoms with Crippen molar-refractivity contribution >= 4 is 33.6 Å². The van der Waals surface area contributed by atoms with Gasteiger partial charge in [0.15, 0.2) is 0 Å². The summed E-state index contributed by atoms with van der Waals surface area (Å²) in [6.45, 7) is 4.49. The number of carboxylic acids is 1. The Balaban J connectivity index is 2.27. The summed E-state index contributed by atoms with van der Waals surface area (Å²) in [5, 5.41) is 14.1. The molecule has 21 heavy (non-hydrogen) atoms. The van der Waals surface area contributed by atoms with E-state index in [1.165, 1.54) is 0 Å². The van der Waals surface area contributed by atoms with Crippen molar-refractivity contribution in [1.29, 1.82) is 0 Å². The molecule has 3 N–H and O–H groups in total. The maximum atomic E-state index is 11.7. The van der Waals surface area contributed by atoms with E-state index in [0.29, 0.717) is 13.0 Å². The number of hydrogen-bond acceptors (Lipinski definition) is 2. The molecular formula is C15H21BrN2O3. The normalized spacial score (nSPS) is 11.8. The number of aliphatic carboxylic acids is 1. The Morgan fingerprint density at radius 3 is 2.67 bits per heavy atom. The molecule has 0 spiro atoms. The van der Waals surface area contributed by atoms with Gasteiger partial charge in [-0.25, -0.2) is 4.79 Å². The zero-order chi connectivity index (χ0) is 15.8. The van der Waals surface area contributed by atoms with Gasteiger partial charge in [-0.1, -0.05) is 28.9 Å². The van der Waals surface area contributed by atoms with Gasteiger partial charge in [-0.3, -0.25) is 4.79 Å². The lowest BCUT2D eigenvalue weighted by atomic mass is 10.0. The van der Waals surface area contributed by atoms with Crippen LogP contribution in [0, 0.1) is 12.8 Å². The van der Waals surface area contributed by atoms with E-state index in [9.17, 15) is 9.59 Å². The lowest BCUT2D eigenvalue weighted by molar-refractivity contribution is -0.137. The second kappa shape index (κ2) is 8.67. The summed E-state index contributed by atoms with van der Waals surface area (Å²) in [4.78, 5) is 22.2. The first-order chi connectivity index (χ1) is 9.88. The number of benzene rings is 1. The maximum Gasteiger partial charge on any atom is 0.319 e. The molecule has 0 bridgehead atoms. The Hall–Kier alpha value is -1.56. The Labute approximate surface area is 133 Å². The Morgan fingerprint density at radius 1 is 1.33 bits per heavy atom. The van der Waals surface area contributed by atoms with E-state index in [2.05, 4.69) is 26.6 Å². The number of amides is 2. The third-order valence-electron chi connectivity index (χ3n) is 3.20. The highest BCUT2D eigenvalue weighted by Crippen LogP contribution is 2.20. The highest BCUT2D eigenvalue weighted by atomic mass is 79.9. The van der Waals surface area contributed by atoms with Crippen molar-refractivity contribution in [1.82, 2.24) is 5.32 Å². The number of aryl methyl sites for hydroxylation is 1. The van der Waals surface area contributed by atoms with Gasteiger partial charge in [0.25, 0.3) is 0 Å². The predicted molar refractivity (Wildman–Crippen MR) is 86.6 cm³/mol. The van der Waals surface area contributed by atoms with Gasteiger partial charge in [0.1, 0.15) is 0 Å². The zero-order valence-corrected chi connectivity index (χ0v) is 13.9. The summed E-state index contributed by atoms with van der Waals surface area (Å²) >= 11 is 3.42. The van der Waals surface area contributed by atoms with Crippen molar-refractivity contribution in [2.24, 2.45) is 5.92 Å². The van der Waals surface area contributed by atoms with E-state index in [-0.39, 0.29) is 18.4 Å². The number of nitrogens with one attached hydrogen (secondary N) is 2. The van der Waals surface area contributed by atoms with Crippen LogP contribution in [0.15, 0.2) is 22.7 Å². The van der Waals surface area contributed by atoms with Gasteiger partial charge in [0.2, 0.25) is 0 Å². The van der Waals surface area contributed by atoms with E-state index in [1.807, 2.05) is 32.0 Å². The van der Waals surface area contributed by atoms with E-state index in [0.717, 1.165) is 22.1 Å². The smallest absolute Gasteiger partial charge is 0.319 e. The second-order valence-corrected chi connectivity index (χ2v) is 6.03. The number of urea groups is 1. The van der Waals surface area contributed by atoms with Crippen LogP contribution < -0.4 is 10.6 Å². The third-order valence-corrected chi connectivity index (χ3v) is 4.06. The minimum absolute atomic E-state index is 0.171. The molecule has 0 fully saturated rings. The predicted octanol–water partition coefficient (Wildman–Crippen LogP) is 3.77. The summed E-state index contributed by atoms with van der Waals surface area (Å²) in [7, 11) is 0. The third kappa shape index (κ3) is 7.13. The average molecular weight is 357 g/mol. The summed E-state index contributed by atoms with van der Waals surface area (Å²) in [5.74, 6) is -0.507. The largest absolute Gasteiger partial charge is 0.481 e. The number of carbonyl (C=O) groups is 2. The number of halogens is 1. The fourth-order valence-corrected chi connectivity index (χ4v) is 2.17. The van der Waals surface area contributed by atoms with E-state index < -0.39 is 5.97 Å². The number of anilines is 1. The van der Waals surface area contributed by atoms with E-state index in [4.69, 9.17) is 5.11 Å². The van der Waals surface area contributed by atoms with Gasteiger partial charge >= 0.3 is 12.0 Å². The maximum absolute atomic E-state index is 11.7. The molecule has 1 aromatic rings. The van der Waals surface area contributed by atoms with Crippen LogP contribution in [0.1, 0.15) is 31.7 Å². The lowest BCUT2D eigenvalue weighted by Crippen LogP contribution is -2.30. The SMILES string of the molecule is Cc1ccc(NC(=O)NCCC(C)CCC(=O)O)cc1Br. The number of carboxylic acid groups (broad SMARTS) is 1. The molecule has 1 aromatic carbocycles. The monoisotopic (exact) mass is 356 g/mol. The molecule has 6 heteroatoms. The Morgan fingerprint density at radius 2 is 2.05 bits per heavy atom. The summed E-state index contributed by atoms with van der Waals surface area (Å²) in [6, 6.07) is 5.36. The Kier molecular flexibility index (Phi) is 7.22. The van der Waals surface area contributed by atoms with Crippen molar-refractivity contribution in [2.45, 2.75) is 33.1 Å². The molecule has 1 unspecified atom stereocenters. The number of rotatable bonds is 7. The summed E-state index contributed by atoms with van der Waals surface area (Å²) in [6.07, 6.45) is 1.56. The topological polar surface area (TPSA) is 78.4 Å². The standard InChI is InChI=1S/C15H21BrN2O3/c1-10(3-6-14(19)20)7-8-17-15(21)18-12-5-4-11(2)13(16)9-12/h4-5,9-10H,3,6-8H2,1-2H3,(H,19,20)(H2,17,18,21). The van der Waals surface area contributed by atoms with Crippen LogP contribution in [-0.2, 0) is 4.79 Å². The minimum Gasteiger partial charge on any atom is -0.481 e. The fraction of sp³-hybridized carbons (Fsp3) is 0.467. The van der Waals surface area contributed by atoms with Crippen molar-refractivity contribution in [3.63, 3.8) is 0 Å². The first kappa shape index (κ1) is 17.5. The summed E-state index contributed by atoms with van der Waals surface area (Å²) in [5.41, 5.74) is 1.83. The van der Waals surface area contributed by atoms with E-state index in [1.54, 1.807) is 0 Å². The van der Waals surface area contributed by atoms with E-state index >= 15 is 0 Å². The summed E-state index contributed by atoms with van der Waals surface area (Å²) < 4.78 is 0.947. The molecule has 0 saturated heterocycles. The first-order valence-corrected chi connectivity index (χ1v) is 7.70. The molecule has 0 radical (unpaired) electrons. The molecule has 1 rings (SSSR count). The number of carbonyl (C=O) groups excluding carboxylic acids is 1. The zero-order valence-electron chi connectivity index (χ0n) is 12.3. The minimum atomic E-state index is -0.780. The molecule has 0 aromatic heterocycles. The van der Waals surface area contributed by atoms with Crippen LogP contribution in [0.5, 0.6) is 0 Å². The second-order valence-electron chi connectivity index (χ2n) is 5.17. The molecular weight excluding hydrogens is 336 g/mol. The van der Waals surface area contributed by atoms with Crippen LogP contribution in [0.3, 0.4) is 0 Å². The molecule has 0 aliphatic carbocycles. The van der Waals surface area contributed by atoms with Crippen LogP contribution in [-0.4, -0.2) is 23.7 Å². The van der Waals surface area contributed by atoms with Crippen LogP contribution in [0.4, 0.5) is 10.5 Å². The van der Waals surface area contributed by atoms with Gasteiger partial charge in [0, 0.05) is 23.1 Å². The van der Waals surface area contributed by atoms with Crippen LogP contribution in [0.2, 0.25) is 0 Å². The van der Waals surface area contributed by atoms with Gasteiger partial charge in [0.05, 0.1) is 0 Å². The fourth-order valence-electron chi connectivity index (χ4n) is 1.79. The molecule has 0 aliphatic rings. The molecule has 2 amide bonds. The quantitative estimate of drug-likeness (QED) is 0.695. The van der Waals surface area contributed by atoms with Gasteiger partial charge in [-0.2, -0.15) is 0 Å². The highest BCUT2D eigenvalue weighted by Gasteiger charge is 2.07. The van der Waals surface area contributed by atoms with Crippen molar-refractivity contribution in [2.75, 3.05) is 11.9 Å². The van der Waals surface area contributed by atoms with Crippen molar-refractivity contribution in [3.8, 4) is 0 Å². The molecule has 116 valence electrons. The van der Waals surface area contributed by atoms with Crippen molar-refractivity contribution in [3.05, 3.63) is 28.2 Å². The lowest BCUT2D eigenvalue weighted by Gasteiger charge is -2.12. The van der Waals surface area contributed by atoms with Gasteiger partial charge in [-0.15, -0.1) is 0 Å².